The zero-order valence-corrected chi connectivity index (χ0v) is 14.8. The monoisotopic (exact) mass is 403 g/mol. The lowest BCUT2D eigenvalue weighted by atomic mass is 10.0. The summed E-state index contributed by atoms with van der Waals surface area (Å²) in [5, 5.41) is 18.9. The number of rotatable bonds is 1. The lowest BCUT2D eigenvalue weighted by Crippen LogP contribution is -2.13. The second kappa shape index (κ2) is 5.96. The summed E-state index contributed by atoms with van der Waals surface area (Å²) in [6.45, 7) is 1.21. The van der Waals surface area contributed by atoms with Gasteiger partial charge in [0.25, 0.3) is 0 Å². The first-order valence-electron chi connectivity index (χ1n) is 7.32. The van der Waals surface area contributed by atoms with Crippen LogP contribution in [0.5, 0.6) is 5.75 Å². The van der Waals surface area contributed by atoms with Crippen molar-refractivity contribution in [2.45, 2.75) is 13.0 Å². The summed E-state index contributed by atoms with van der Waals surface area (Å²) in [6.07, 6.45) is 5.96. The molecule has 1 aliphatic rings. The highest BCUT2D eigenvalue weighted by molar-refractivity contribution is 9.10. The average Bonchev–Trinajstić information content (AvgIpc) is 3.19. The van der Waals surface area contributed by atoms with Gasteiger partial charge in [0.15, 0.2) is 0 Å². The molecule has 3 heterocycles. The summed E-state index contributed by atoms with van der Waals surface area (Å²) in [6, 6.07) is 5.79. The molecule has 0 N–H and O–H groups in total. The number of aryl methyl sites for hydroxylation is 1. The Morgan fingerprint density at radius 2 is 2.25 bits per heavy atom. The van der Waals surface area contributed by atoms with E-state index in [1.165, 1.54) is 0 Å². The van der Waals surface area contributed by atoms with Gasteiger partial charge in [-0.3, -0.25) is 4.68 Å². The quantitative estimate of drug-likeness (QED) is 0.618. The van der Waals surface area contributed by atoms with E-state index in [0.29, 0.717) is 40.7 Å². The molecular formula is C16H11BrClN5O. The molecule has 2 aromatic heterocycles. The lowest BCUT2D eigenvalue weighted by molar-refractivity contribution is 0.295. The highest BCUT2D eigenvalue weighted by Gasteiger charge is 2.27. The van der Waals surface area contributed by atoms with Crippen LogP contribution < -0.4 is 4.74 Å². The third-order valence-corrected chi connectivity index (χ3v) is 4.73. The van der Waals surface area contributed by atoms with Gasteiger partial charge < -0.3 is 4.74 Å². The Hall–Kier alpha value is -2.30. The summed E-state index contributed by atoms with van der Waals surface area (Å²) in [5.74, 6) is 0.506. The maximum absolute atomic E-state index is 9.85. The van der Waals surface area contributed by atoms with Crippen LogP contribution in [0.25, 0.3) is 16.9 Å². The van der Waals surface area contributed by atoms with E-state index in [9.17, 15) is 5.26 Å². The smallest absolute Gasteiger partial charge is 0.148 e. The van der Waals surface area contributed by atoms with Crippen LogP contribution in [0.2, 0.25) is 5.02 Å². The van der Waals surface area contributed by atoms with Gasteiger partial charge in [-0.2, -0.15) is 15.5 Å². The molecular weight excluding hydrogens is 394 g/mol. The highest BCUT2D eigenvalue weighted by atomic mass is 79.9. The van der Waals surface area contributed by atoms with Gasteiger partial charge in [-0.15, -0.1) is 0 Å². The Kier molecular flexibility index (Phi) is 3.79. The van der Waals surface area contributed by atoms with Gasteiger partial charge in [0.2, 0.25) is 0 Å². The standard InChI is InChI=1S/C16H11BrClN5O/c17-11-9-21-23-5-2-6-24-16-12(18)7-13(22-4-1-3-20-22)10(8-19)14(16)15(11)23/h1,3-4,7,9H,2,5-6H2. The van der Waals surface area contributed by atoms with Crippen LogP contribution in [0.1, 0.15) is 12.0 Å². The molecule has 3 aromatic rings. The third-order valence-electron chi connectivity index (χ3n) is 3.87. The van der Waals surface area contributed by atoms with Crippen molar-refractivity contribution >= 4 is 27.5 Å². The van der Waals surface area contributed by atoms with Crippen LogP contribution in [0.3, 0.4) is 0 Å². The molecule has 4 rings (SSSR count). The number of nitrogens with zero attached hydrogens (tertiary/aromatic N) is 5. The van der Waals surface area contributed by atoms with Crippen molar-refractivity contribution in [1.82, 2.24) is 19.6 Å². The fourth-order valence-electron chi connectivity index (χ4n) is 2.86. The molecule has 0 spiro atoms. The number of hydrogen-bond donors (Lipinski definition) is 0. The molecule has 0 saturated carbocycles. The third kappa shape index (κ3) is 2.30. The molecule has 0 unspecified atom stereocenters. The second-order valence-electron chi connectivity index (χ2n) is 5.29. The molecule has 6 nitrogen and oxygen atoms in total. The number of benzene rings is 1. The summed E-state index contributed by atoms with van der Waals surface area (Å²) in [7, 11) is 0. The van der Waals surface area contributed by atoms with E-state index in [1.54, 1.807) is 35.4 Å². The van der Waals surface area contributed by atoms with E-state index in [2.05, 4.69) is 32.2 Å². The zero-order chi connectivity index (χ0) is 16.7. The topological polar surface area (TPSA) is 68.7 Å². The Morgan fingerprint density at radius 1 is 1.38 bits per heavy atom. The van der Waals surface area contributed by atoms with Gasteiger partial charge in [-0.05, 0) is 28.1 Å². The second-order valence-corrected chi connectivity index (χ2v) is 6.55. The minimum Gasteiger partial charge on any atom is -0.491 e. The van der Waals surface area contributed by atoms with Crippen LogP contribution in [-0.4, -0.2) is 26.2 Å². The Bertz CT molecular complexity index is 958. The van der Waals surface area contributed by atoms with Crippen LogP contribution in [0.4, 0.5) is 0 Å². The first-order chi connectivity index (χ1) is 11.7. The minimum atomic E-state index is 0.441. The van der Waals surface area contributed by atoms with E-state index in [-0.39, 0.29) is 0 Å². The molecule has 120 valence electrons. The normalized spacial score (nSPS) is 13.2. The fraction of sp³-hybridized carbons (Fsp3) is 0.188. The van der Waals surface area contributed by atoms with Crippen molar-refractivity contribution < 1.29 is 4.74 Å². The van der Waals surface area contributed by atoms with E-state index in [4.69, 9.17) is 16.3 Å². The number of ether oxygens (including phenoxy) is 1. The molecule has 0 atom stereocenters. The molecule has 0 amide bonds. The highest BCUT2D eigenvalue weighted by Crippen LogP contribution is 2.45. The molecule has 0 radical (unpaired) electrons. The summed E-state index contributed by atoms with van der Waals surface area (Å²) in [5.41, 5.74) is 2.48. The first kappa shape index (κ1) is 15.2. The average molecular weight is 405 g/mol. The summed E-state index contributed by atoms with van der Waals surface area (Å²) >= 11 is 10.0. The summed E-state index contributed by atoms with van der Waals surface area (Å²) < 4.78 is 10.2. The fourth-order valence-corrected chi connectivity index (χ4v) is 3.61. The van der Waals surface area contributed by atoms with Gasteiger partial charge in [-0.25, -0.2) is 4.68 Å². The van der Waals surface area contributed by atoms with E-state index in [1.807, 2.05) is 4.68 Å². The molecule has 0 bridgehead atoms. The van der Waals surface area contributed by atoms with Crippen molar-refractivity contribution in [3.8, 4) is 28.8 Å². The molecule has 24 heavy (non-hydrogen) atoms. The maximum atomic E-state index is 9.85. The van der Waals surface area contributed by atoms with Gasteiger partial charge in [0.1, 0.15) is 11.8 Å². The number of nitriles is 1. The molecule has 0 aliphatic carbocycles. The predicted octanol–water partition coefficient (Wildman–Crippen LogP) is 3.81. The zero-order valence-electron chi connectivity index (χ0n) is 12.4. The molecule has 1 aliphatic heterocycles. The first-order valence-corrected chi connectivity index (χ1v) is 8.49. The maximum Gasteiger partial charge on any atom is 0.148 e. The number of hydrogen-bond acceptors (Lipinski definition) is 4. The molecule has 8 heteroatoms. The molecule has 0 saturated heterocycles. The minimum absolute atomic E-state index is 0.441. The van der Waals surface area contributed by atoms with Crippen LogP contribution >= 0.6 is 27.5 Å². The van der Waals surface area contributed by atoms with Crippen molar-refractivity contribution in [2.75, 3.05) is 6.61 Å². The Balaban J connectivity index is 2.11. The van der Waals surface area contributed by atoms with Crippen molar-refractivity contribution in [3.05, 3.63) is 45.8 Å². The molecule has 0 fully saturated rings. The predicted molar refractivity (Wildman–Crippen MR) is 92.3 cm³/mol. The number of halogens is 2. The van der Waals surface area contributed by atoms with Gasteiger partial charge in [-0.1, -0.05) is 11.6 Å². The largest absolute Gasteiger partial charge is 0.491 e. The van der Waals surface area contributed by atoms with Crippen LogP contribution in [0.15, 0.2) is 35.2 Å². The Morgan fingerprint density at radius 3 is 3.00 bits per heavy atom. The lowest BCUT2D eigenvalue weighted by Gasteiger charge is -2.21. The van der Waals surface area contributed by atoms with Gasteiger partial charge in [0, 0.05) is 25.4 Å². The van der Waals surface area contributed by atoms with E-state index in [0.717, 1.165) is 16.6 Å². The molecule has 1 aromatic carbocycles. The van der Waals surface area contributed by atoms with E-state index < -0.39 is 0 Å². The SMILES string of the molecule is N#Cc1c(-n2cccn2)cc(Cl)c2c1-c1c(Br)cnn1CCCO2. The van der Waals surface area contributed by atoms with Crippen molar-refractivity contribution in [1.29, 1.82) is 5.26 Å². The van der Waals surface area contributed by atoms with Crippen LogP contribution in [0, 0.1) is 11.3 Å². The van der Waals surface area contributed by atoms with Gasteiger partial charge >= 0.3 is 0 Å². The summed E-state index contributed by atoms with van der Waals surface area (Å²) in [4.78, 5) is 0. The van der Waals surface area contributed by atoms with Crippen molar-refractivity contribution in [3.63, 3.8) is 0 Å². The van der Waals surface area contributed by atoms with E-state index >= 15 is 0 Å². The number of aromatic nitrogens is 4. The van der Waals surface area contributed by atoms with Crippen molar-refractivity contribution in [2.24, 2.45) is 0 Å². The number of fused-ring (bicyclic) bond motifs is 3. The van der Waals surface area contributed by atoms with Crippen LogP contribution in [-0.2, 0) is 6.54 Å². The Labute approximate surface area is 151 Å². The van der Waals surface area contributed by atoms with Gasteiger partial charge in [0.05, 0.1) is 44.8 Å².